The van der Waals surface area contributed by atoms with Crippen LogP contribution in [0.15, 0.2) is 102 Å². The number of nitrogens with one attached hydrogen (secondary N) is 1. The van der Waals surface area contributed by atoms with Crippen molar-refractivity contribution in [3.8, 4) is 0 Å². The topological polar surface area (TPSA) is 86.8 Å². The van der Waals surface area contributed by atoms with Gasteiger partial charge < -0.3 is 10.2 Å². The molecule has 4 aromatic carbocycles. The maximum Gasteiger partial charge on any atom is 0.264 e. The molecule has 0 fully saturated rings. The fourth-order valence-corrected chi connectivity index (χ4v) is 6.58. The van der Waals surface area contributed by atoms with Crippen LogP contribution in [-0.2, 0) is 32.6 Å². The molecular formula is C36H40FN3O4S. The van der Waals surface area contributed by atoms with E-state index in [1.54, 1.807) is 36.4 Å². The van der Waals surface area contributed by atoms with E-state index in [4.69, 9.17) is 0 Å². The van der Waals surface area contributed by atoms with E-state index in [0.717, 1.165) is 26.6 Å². The molecule has 236 valence electrons. The Morgan fingerprint density at radius 2 is 1.38 bits per heavy atom. The highest BCUT2D eigenvalue weighted by Gasteiger charge is 2.35. The SMILES string of the molecule is Cc1ccc(S(=O)(=O)N(CC(=O)N(Cc2ccc(F)cc2)[C@@H](Cc2ccccc2)C(=O)NC(C)C)c2cc(C)cc(C)c2)cc1. The predicted molar refractivity (Wildman–Crippen MR) is 176 cm³/mol. The maximum absolute atomic E-state index is 14.5. The summed E-state index contributed by atoms with van der Waals surface area (Å²) >= 11 is 0. The summed E-state index contributed by atoms with van der Waals surface area (Å²) in [6.45, 7) is 8.67. The van der Waals surface area contributed by atoms with E-state index in [2.05, 4.69) is 5.32 Å². The second-order valence-corrected chi connectivity index (χ2v) is 13.5. The lowest BCUT2D eigenvalue weighted by Gasteiger charge is -2.34. The molecule has 9 heteroatoms. The average Bonchev–Trinajstić information content (AvgIpc) is 2.98. The molecule has 0 saturated heterocycles. The molecule has 0 radical (unpaired) electrons. The second-order valence-electron chi connectivity index (χ2n) is 11.7. The van der Waals surface area contributed by atoms with Gasteiger partial charge in [-0.15, -0.1) is 0 Å². The van der Waals surface area contributed by atoms with Crippen molar-refractivity contribution in [3.63, 3.8) is 0 Å². The molecule has 0 aliphatic heterocycles. The smallest absolute Gasteiger partial charge is 0.264 e. The minimum absolute atomic E-state index is 0.0343. The highest BCUT2D eigenvalue weighted by atomic mass is 32.2. The van der Waals surface area contributed by atoms with Gasteiger partial charge in [0, 0.05) is 19.0 Å². The molecule has 4 aromatic rings. The third-order valence-electron chi connectivity index (χ3n) is 7.35. The van der Waals surface area contributed by atoms with Gasteiger partial charge in [0.05, 0.1) is 10.6 Å². The molecule has 0 aliphatic carbocycles. The molecule has 0 aromatic heterocycles. The van der Waals surface area contributed by atoms with E-state index in [9.17, 15) is 22.4 Å². The fourth-order valence-electron chi connectivity index (χ4n) is 5.18. The molecule has 0 heterocycles. The summed E-state index contributed by atoms with van der Waals surface area (Å²) in [6, 6.07) is 25.7. The molecule has 0 bridgehead atoms. The fraction of sp³-hybridized carbons (Fsp3) is 0.278. The van der Waals surface area contributed by atoms with Gasteiger partial charge in [-0.05, 0) is 93.3 Å². The van der Waals surface area contributed by atoms with Gasteiger partial charge in [0.2, 0.25) is 11.8 Å². The second kappa shape index (κ2) is 14.5. The van der Waals surface area contributed by atoms with E-state index in [-0.39, 0.29) is 29.8 Å². The number of benzene rings is 4. The third-order valence-corrected chi connectivity index (χ3v) is 9.14. The van der Waals surface area contributed by atoms with Crippen LogP contribution in [0.4, 0.5) is 10.1 Å². The summed E-state index contributed by atoms with van der Waals surface area (Å²) < 4.78 is 43.3. The number of nitrogens with zero attached hydrogens (tertiary/aromatic N) is 2. The molecule has 1 N–H and O–H groups in total. The number of carbonyl (C=O) groups is 2. The van der Waals surface area contributed by atoms with Crippen molar-refractivity contribution in [3.05, 3.63) is 131 Å². The van der Waals surface area contributed by atoms with Gasteiger partial charge in [-0.25, -0.2) is 12.8 Å². The predicted octanol–water partition coefficient (Wildman–Crippen LogP) is 6.11. The lowest BCUT2D eigenvalue weighted by Crippen LogP contribution is -2.54. The summed E-state index contributed by atoms with van der Waals surface area (Å²) in [5, 5.41) is 2.93. The maximum atomic E-state index is 14.5. The van der Waals surface area contributed by atoms with Crippen LogP contribution < -0.4 is 9.62 Å². The zero-order valence-electron chi connectivity index (χ0n) is 26.3. The van der Waals surface area contributed by atoms with Crippen molar-refractivity contribution in [2.45, 2.75) is 64.6 Å². The number of carbonyl (C=O) groups excluding carboxylic acids is 2. The van der Waals surface area contributed by atoms with E-state index in [0.29, 0.717) is 11.3 Å². The van der Waals surface area contributed by atoms with Crippen LogP contribution in [0.25, 0.3) is 0 Å². The Labute approximate surface area is 265 Å². The molecule has 4 rings (SSSR count). The van der Waals surface area contributed by atoms with Crippen LogP contribution >= 0.6 is 0 Å². The first kappa shape index (κ1) is 33.4. The Bertz CT molecular complexity index is 1700. The van der Waals surface area contributed by atoms with E-state index >= 15 is 0 Å². The normalized spacial score (nSPS) is 12.1. The molecule has 45 heavy (non-hydrogen) atoms. The summed E-state index contributed by atoms with van der Waals surface area (Å²) in [5.74, 6) is -1.38. The molecule has 0 aliphatic rings. The van der Waals surface area contributed by atoms with E-state index in [1.165, 1.54) is 29.2 Å². The van der Waals surface area contributed by atoms with Gasteiger partial charge >= 0.3 is 0 Å². The van der Waals surface area contributed by atoms with Gasteiger partial charge in [0.15, 0.2) is 0 Å². The van der Waals surface area contributed by atoms with Crippen molar-refractivity contribution >= 4 is 27.5 Å². The van der Waals surface area contributed by atoms with E-state index in [1.807, 2.05) is 71.0 Å². The van der Waals surface area contributed by atoms with Crippen LogP contribution in [-0.4, -0.2) is 43.8 Å². The minimum atomic E-state index is -4.20. The molecule has 0 saturated carbocycles. The van der Waals surface area contributed by atoms with Gasteiger partial charge in [0.25, 0.3) is 10.0 Å². The number of hydrogen-bond acceptors (Lipinski definition) is 4. The van der Waals surface area contributed by atoms with Crippen molar-refractivity contribution in [1.82, 2.24) is 10.2 Å². The highest BCUT2D eigenvalue weighted by molar-refractivity contribution is 7.92. The van der Waals surface area contributed by atoms with Crippen molar-refractivity contribution in [2.24, 2.45) is 0 Å². The van der Waals surface area contributed by atoms with E-state index < -0.39 is 34.3 Å². The first-order chi connectivity index (χ1) is 21.3. The monoisotopic (exact) mass is 629 g/mol. The van der Waals surface area contributed by atoms with Crippen LogP contribution in [0.5, 0.6) is 0 Å². The Kier molecular flexibility index (Phi) is 10.8. The number of rotatable bonds is 12. The zero-order valence-corrected chi connectivity index (χ0v) is 27.1. The van der Waals surface area contributed by atoms with Gasteiger partial charge in [-0.3, -0.25) is 13.9 Å². The summed E-state index contributed by atoms with van der Waals surface area (Å²) in [6.07, 6.45) is 0.195. The summed E-state index contributed by atoms with van der Waals surface area (Å²) in [7, 11) is -4.20. The lowest BCUT2D eigenvalue weighted by molar-refractivity contribution is -0.140. The third kappa shape index (κ3) is 8.79. The number of anilines is 1. The number of aryl methyl sites for hydroxylation is 3. The van der Waals surface area contributed by atoms with Crippen LogP contribution in [0.3, 0.4) is 0 Å². The van der Waals surface area contributed by atoms with Gasteiger partial charge in [-0.1, -0.05) is 66.2 Å². The number of sulfonamides is 1. The Balaban J connectivity index is 1.82. The Morgan fingerprint density at radius 1 is 0.778 bits per heavy atom. The van der Waals surface area contributed by atoms with Gasteiger partial charge in [-0.2, -0.15) is 0 Å². The first-order valence-corrected chi connectivity index (χ1v) is 16.3. The standard InChI is InChI=1S/C36H40FN3O4S/c1-25(2)38-36(42)34(22-29-9-7-6-8-10-29)39(23-30-13-15-31(37)16-14-30)35(41)24-40(32-20-27(4)19-28(5)21-32)45(43,44)33-17-11-26(3)12-18-33/h6-21,25,34H,22-24H2,1-5H3,(H,38,42)/t34-/m0/s1. The summed E-state index contributed by atoms with van der Waals surface area (Å²) in [5.41, 5.74) is 4.34. The Hall–Kier alpha value is -4.50. The van der Waals surface area contributed by atoms with Crippen LogP contribution in [0.2, 0.25) is 0 Å². The quantitative estimate of drug-likeness (QED) is 0.205. The molecule has 7 nitrogen and oxygen atoms in total. The molecule has 2 amide bonds. The van der Waals surface area contributed by atoms with Crippen molar-refractivity contribution < 1.29 is 22.4 Å². The van der Waals surface area contributed by atoms with Crippen molar-refractivity contribution in [1.29, 1.82) is 0 Å². The molecule has 1 atom stereocenters. The van der Waals surface area contributed by atoms with Crippen LogP contribution in [0.1, 0.15) is 41.7 Å². The Morgan fingerprint density at radius 3 is 1.96 bits per heavy atom. The molecule has 0 spiro atoms. The lowest BCUT2D eigenvalue weighted by atomic mass is 10.0. The number of hydrogen-bond donors (Lipinski definition) is 1. The van der Waals surface area contributed by atoms with Crippen LogP contribution in [0, 0.1) is 26.6 Å². The summed E-state index contributed by atoms with van der Waals surface area (Å²) in [4.78, 5) is 29.7. The first-order valence-electron chi connectivity index (χ1n) is 14.9. The minimum Gasteiger partial charge on any atom is -0.352 e. The molecular weight excluding hydrogens is 589 g/mol. The number of halogens is 1. The largest absolute Gasteiger partial charge is 0.352 e. The molecule has 0 unspecified atom stereocenters. The number of amides is 2. The van der Waals surface area contributed by atoms with Crippen molar-refractivity contribution in [2.75, 3.05) is 10.8 Å². The highest BCUT2D eigenvalue weighted by Crippen LogP contribution is 2.27. The zero-order chi connectivity index (χ0) is 32.7. The average molecular weight is 630 g/mol. The van der Waals surface area contributed by atoms with Gasteiger partial charge in [0.1, 0.15) is 18.4 Å².